The third-order valence-electron chi connectivity index (χ3n) is 5.44. The highest BCUT2D eigenvalue weighted by atomic mass is 28.4. The lowest BCUT2D eigenvalue weighted by molar-refractivity contribution is -0.145. The zero-order chi connectivity index (χ0) is 22.6. The van der Waals surface area contributed by atoms with Crippen molar-refractivity contribution in [1.82, 2.24) is 0 Å². The Labute approximate surface area is 189 Å². The van der Waals surface area contributed by atoms with Crippen LogP contribution in [-0.2, 0) is 18.7 Å². The molecule has 0 aliphatic heterocycles. The lowest BCUT2D eigenvalue weighted by atomic mass is 10.2. The highest BCUT2D eigenvalue weighted by Crippen LogP contribution is 2.36. The number of unbranched alkanes of at least 4 members (excludes halogenated alkanes) is 2. The highest BCUT2D eigenvalue weighted by molar-refractivity contribution is 6.99. The first kappa shape index (κ1) is 25.3. The molecule has 0 aromatic heterocycles. The quantitative estimate of drug-likeness (QED) is 0.256. The van der Waals surface area contributed by atoms with Crippen LogP contribution in [-0.4, -0.2) is 40.7 Å². The Morgan fingerprint density at radius 1 is 0.806 bits per heavy atom. The number of ether oxygens (including phenoxy) is 2. The fraction of sp³-hybridized carbons (Fsp3) is 0.500. The number of carbonyl (C=O) groups excluding carboxylic acids is 1. The van der Waals surface area contributed by atoms with Gasteiger partial charge in [-0.1, -0.05) is 101 Å². The van der Waals surface area contributed by atoms with Gasteiger partial charge in [-0.05, 0) is 21.8 Å². The predicted octanol–water partition coefficient (Wildman–Crippen LogP) is 4.70. The summed E-state index contributed by atoms with van der Waals surface area (Å²) in [7, 11) is -2.52. The normalized spacial score (nSPS) is 12.0. The van der Waals surface area contributed by atoms with Crippen molar-refractivity contribution in [3.05, 3.63) is 60.7 Å². The SMILES string of the molecule is CCCCCC(=O)OCCOCCO[Si](c1ccccc1)(c1ccccc1)C(C)(C)C. The predicted molar refractivity (Wildman–Crippen MR) is 129 cm³/mol. The molecule has 4 nitrogen and oxygen atoms in total. The van der Waals surface area contributed by atoms with Crippen molar-refractivity contribution in [3.63, 3.8) is 0 Å². The van der Waals surface area contributed by atoms with Crippen LogP contribution >= 0.6 is 0 Å². The third kappa shape index (κ3) is 7.30. The smallest absolute Gasteiger partial charge is 0.305 e. The van der Waals surface area contributed by atoms with Gasteiger partial charge in [-0.25, -0.2) is 0 Å². The van der Waals surface area contributed by atoms with Gasteiger partial charge in [-0.2, -0.15) is 0 Å². The minimum Gasteiger partial charge on any atom is -0.463 e. The van der Waals surface area contributed by atoms with Gasteiger partial charge < -0.3 is 13.9 Å². The summed E-state index contributed by atoms with van der Waals surface area (Å²) in [5.41, 5.74) is 0. The Kier molecular flexibility index (Phi) is 10.4. The number of esters is 1. The molecule has 0 N–H and O–H groups in total. The van der Waals surface area contributed by atoms with E-state index in [2.05, 4.69) is 76.2 Å². The summed E-state index contributed by atoms with van der Waals surface area (Å²) in [5, 5.41) is 2.47. The molecule has 0 saturated carbocycles. The maximum Gasteiger partial charge on any atom is 0.305 e. The fourth-order valence-electron chi connectivity index (χ4n) is 3.92. The van der Waals surface area contributed by atoms with E-state index in [1.54, 1.807) is 0 Å². The molecule has 0 unspecified atom stereocenters. The number of hydrogen-bond donors (Lipinski definition) is 0. The van der Waals surface area contributed by atoms with E-state index in [1.807, 2.05) is 12.1 Å². The zero-order valence-corrected chi connectivity index (χ0v) is 20.6. The average molecular weight is 443 g/mol. The minimum atomic E-state index is -2.52. The van der Waals surface area contributed by atoms with Crippen molar-refractivity contribution < 1.29 is 18.7 Å². The van der Waals surface area contributed by atoms with Crippen molar-refractivity contribution in [2.75, 3.05) is 26.4 Å². The van der Waals surface area contributed by atoms with Gasteiger partial charge in [0.15, 0.2) is 0 Å². The first-order valence-corrected chi connectivity index (χ1v) is 13.3. The van der Waals surface area contributed by atoms with Crippen LogP contribution in [0.15, 0.2) is 60.7 Å². The van der Waals surface area contributed by atoms with Gasteiger partial charge in [-0.3, -0.25) is 4.79 Å². The second-order valence-electron chi connectivity index (χ2n) is 8.80. The van der Waals surface area contributed by atoms with Crippen LogP contribution in [0.2, 0.25) is 5.04 Å². The molecule has 0 bridgehead atoms. The van der Waals surface area contributed by atoms with Gasteiger partial charge in [0.25, 0.3) is 8.32 Å². The maximum atomic E-state index is 11.7. The van der Waals surface area contributed by atoms with E-state index in [-0.39, 0.29) is 11.0 Å². The largest absolute Gasteiger partial charge is 0.463 e. The summed E-state index contributed by atoms with van der Waals surface area (Å²) in [6.45, 7) is 10.6. The van der Waals surface area contributed by atoms with Gasteiger partial charge in [0, 0.05) is 6.42 Å². The Bertz CT molecular complexity index is 716. The summed E-state index contributed by atoms with van der Waals surface area (Å²) < 4.78 is 17.7. The van der Waals surface area contributed by atoms with Crippen molar-refractivity contribution in [2.24, 2.45) is 0 Å². The van der Waals surface area contributed by atoms with Crippen molar-refractivity contribution >= 4 is 24.7 Å². The monoisotopic (exact) mass is 442 g/mol. The van der Waals surface area contributed by atoms with E-state index in [0.717, 1.165) is 19.3 Å². The molecule has 31 heavy (non-hydrogen) atoms. The summed E-state index contributed by atoms with van der Waals surface area (Å²) in [6.07, 6.45) is 3.54. The molecule has 2 aromatic rings. The standard InChI is InChI=1S/C26H38O4Si/c1-5-6-9-18-25(27)29-21-19-28-20-22-30-31(26(2,3)4,23-14-10-7-11-15-23)24-16-12-8-13-17-24/h7-8,10-17H,5-6,9,18-22H2,1-4H3. The van der Waals surface area contributed by atoms with Crippen LogP contribution in [0.4, 0.5) is 0 Å². The minimum absolute atomic E-state index is 0.0519. The molecule has 2 rings (SSSR count). The molecule has 0 atom stereocenters. The van der Waals surface area contributed by atoms with Crippen molar-refractivity contribution in [1.29, 1.82) is 0 Å². The number of carbonyl (C=O) groups is 1. The molecule has 0 heterocycles. The summed E-state index contributed by atoms with van der Waals surface area (Å²) in [5.74, 6) is -0.138. The first-order valence-electron chi connectivity index (χ1n) is 11.4. The molecule has 170 valence electrons. The molecule has 5 heteroatoms. The number of rotatable bonds is 13. The molecular weight excluding hydrogens is 404 g/mol. The van der Waals surface area contributed by atoms with Crippen molar-refractivity contribution in [3.8, 4) is 0 Å². The topological polar surface area (TPSA) is 44.8 Å². The van der Waals surface area contributed by atoms with Gasteiger partial charge in [0.1, 0.15) is 6.61 Å². The molecule has 2 aromatic carbocycles. The molecule has 0 amide bonds. The van der Waals surface area contributed by atoms with Gasteiger partial charge in [0.2, 0.25) is 0 Å². The number of benzene rings is 2. The van der Waals surface area contributed by atoms with E-state index in [4.69, 9.17) is 13.9 Å². The van der Waals surface area contributed by atoms with Crippen LogP contribution in [0.3, 0.4) is 0 Å². The van der Waals surface area contributed by atoms with Crippen LogP contribution in [0.5, 0.6) is 0 Å². The van der Waals surface area contributed by atoms with Gasteiger partial charge in [0.05, 0.1) is 19.8 Å². The summed E-state index contributed by atoms with van der Waals surface area (Å²) >= 11 is 0. The van der Waals surface area contributed by atoms with E-state index >= 15 is 0 Å². The average Bonchev–Trinajstić information content (AvgIpc) is 2.76. The Morgan fingerprint density at radius 2 is 1.35 bits per heavy atom. The molecule has 0 aliphatic carbocycles. The highest BCUT2D eigenvalue weighted by Gasteiger charge is 2.49. The first-order chi connectivity index (χ1) is 14.9. The lowest BCUT2D eigenvalue weighted by Crippen LogP contribution is -2.66. The van der Waals surface area contributed by atoms with Crippen molar-refractivity contribution in [2.45, 2.75) is 58.4 Å². The fourth-order valence-corrected chi connectivity index (χ4v) is 8.47. The number of hydrogen-bond acceptors (Lipinski definition) is 4. The Hall–Kier alpha value is -1.95. The molecular formula is C26H38O4Si. The molecule has 0 spiro atoms. The van der Waals surface area contributed by atoms with Crippen LogP contribution in [0, 0.1) is 0 Å². The van der Waals surface area contributed by atoms with Gasteiger partial charge >= 0.3 is 5.97 Å². The molecule has 0 aliphatic rings. The Morgan fingerprint density at radius 3 is 1.87 bits per heavy atom. The van der Waals surface area contributed by atoms with E-state index in [1.165, 1.54) is 10.4 Å². The summed E-state index contributed by atoms with van der Waals surface area (Å²) in [4.78, 5) is 11.7. The van der Waals surface area contributed by atoms with Crippen LogP contribution < -0.4 is 10.4 Å². The summed E-state index contributed by atoms with van der Waals surface area (Å²) in [6, 6.07) is 21.2. The lowest BCUT2D eigenvalue weighted by Gasteiger charge is -2.43. The van der Waals surface area contributed by atoms with Crippen LogP contribution in [0.1, 0.15) is 53.4 Å². The molecule has 0 saturated heterocycles. The Balaban J connectivity index is 1.95. The second-order valence-corrected chi connectivity index (χ2v) is 13.1. The van der Waals surface area contributed by atoms with E-state index in [0.29, 0.717) is 32.8 Å². The second kappa shape index (κ2) is 12.8. The van der Waals surface area contributed by atoms with Crippen LogP contribution in [0.25, 0.3) is 0 Å². The van der Waals surface area contributed by atoms with Gasteiger partial charge in [-0.15, -0.1) is 0 Å². The zero-order valence-electron chi connectivity index (χ0n) is 19.6. The van der Waals surface area contributed by atoms with E-state index in [9.17, 15) is 4.79 Å². The molecule has 0 radical (unpaired) electrons. The maximum absolute atomic E-state index is 11.7. The molecule has 0 fully saturated rings. The third-order valence-corrected chi connectivity index (χ3v) is 10.5. The van der Waals surface area contributed by atoms with E-state index < -0.39 is 8.32 Å².